The first-order valence-electron chi connectivity index (χ1n) is 7.89. The summed E-state index contributed by atoms with van der Waals surface area (Å²) >= 11 is 0. The van der Waals surface area contributed by atoms with Crippen LogP contribution in [0.2, 0.25) is 0 Å². The number of aromatic nitrogens is 4. The normalized spacial score (nSPS) is 10.0. The summed E-state index contributed by atoms with van der Waals surface area (Å²) in [4.78, 5) is 17.0. The molecule has 0 aliphatic heterocycles. The van der Waals surface area contributed by atoms with E-state index in [1.54, 1.807) is 18.3 Å². The molecule has 2 aromatic heterocycles. The fraction of sp³-hybridized carbons (Fsp3) is 0.158. The van der Waals surface area contributed by atoms with E-state index in [1.165, 1.54) is 11.9 Å². The fourth-order valence-corrected chi connectivity index (χ4v) is 2.26. The van der Waals surface area contributed by atoms with Crippen LogP contribution < -0.4 is 5.32 Å². The molecule has 0 unspecified atom stereocenters. The lowest BCUT2D eigenvalue weighted by molar-refractivity contribution is 0.350. The number of hydrogen-bond acceptors (Lipinski definition) is 6. The monoisotopic (exact) mass is 331 g/mol. The molecule has 0 aliphatic rings. The van der Waals surface area contributed by atoms with Crippen molar-refractivity contribution in [2.75, 3.05) is 11.9 Å². The Morgan fingerprint density at radius 2 is 2.04 bits per heavy atom. The zero-order valence-corrected chi connectivity index (χ0v) is 13.8. The number of rotatable bonds is 4. The lowest BCUT2D eigenvalue weighted by Gasteiger charge is -2.07. The third-order valence-corrected chi connectivity index (χ3v) is 3.48. The smallest absolute Gasteiger partial charge is 0.230 e. The van der Waals surface area contributed by atoms with Crippen LogP contribution in [-0.2, 0) is 6.42 Å². The predicted octanol–water partition coefficient (Wildman–Crippen LogP) is 2.58. The van der Waals surface area contributed by atoms with Crippen molar-refractivity contribution in [3.05, 3.63) is 60.2 Å². The average Bonchev–Trinajstić information content (AvgIpc) is 2.67. The van der Waals surface area contributed by atoms with Gasteiger partial charge in [0, 0.05) is 17.4 Å². The second kappa shape index (κ2) is 7.99. The molecule has 1 aromatic carbocycles. The van der Waals surface area contributed by atoms with Gasteiger partial charge in [-0.2, -0.15) is 4.98 Å². The van der Waals surface area contributed by atoms with E-state index < -0.39 is 0 Å². The van der Waals surface area contributed by atoms with Gasteiger partial charge in [-0.1, -0.05) is 25.0 Å². The molecule has 0 amide bonds. The second-order valence-electron chi connectivity index (χ2n) is 5.20. The highest BCUT2D eigenvalue weighted by molar-refractivity contribution is 5.60. The Hall–Kier alpha value is -3.30. The van der Waals surface area contributed by atoms with E-state index in [1.807, 2.05) is 12.1 Å². The first-order chi connectivity index (χ1) is 12.3. The van der Waals surface area contributed by atoms with Crippen LogP contribution in [0, 0.1) is 11.8 Å². The number of nitrogens with one attached hydrogen (secondary N) is 1. The maximum atomic E-state index is 8.79. The fourth-order valence-electron chi connectivity index (χ4n) is 2.26. The topological polar surface area (TPSA) is 83.8 Å². The molecule has 2 heterocycles. The van der Waals surface area contributed by atoms with Gasteiger partial charge in [-0.15, -0.1) is 0 Å². The number of aliphatic hydroxyl groups is 1. The second-order valence-corrected chi connectivity index (χ2v) is 5.20. The van der Waals surface area contributed by atoms with Crippen molar-refractivity contribution in [1.82, 2.24) is 19.9 Å². The van der Waals surface area contributed by atoms with E-state index in [0.717, 1.165) is 17.7 Å². The number of anilines is 2. The summed E-state index contributed by atoms with van der Waals surface area (Å²) in [6.07, 6.45) is 4.07. The Kier molecular flexibility index (Phi) is 5.29. The molecule has 0 radical (unpaired) electrons. The zero-order chi connectivity index (χ0) is 17.5. The van der Waals surface area contributed by atoms with Crippen LogP contribution in [0.15, 0.2) is 48.9 Å². The van der Waals surface area contributed by atoms with E-state index in [9.17, 15) is 0 Å². The van der Waals surface area contributed by atoms with Crippen LogP contribution in [-0.4, -0.2) is 31.6 Å². The molecule has 6 nitrogen and oxygen atoms in total. The van der Waals surface area contributed by atoms with Crippen LogP contribution in [0.1, 0.15) is 18.2 Å². The lowest BCUT2D eigenvalue weighted by atomic mass is 10.1. The quantitative estimate of drug-likeness (QED) is 0.715. The Morgan fingerprint density at radius 3 is 2.88 bits per heavy atom. The van der Waals surface area contributed by atoms with E-state index >= 15 is 0 Å². The van der Waals surface area contributed by atoms with E-state index in [-0.39, 0.29) is 6.61 Å². The van der Waals surface area contributed by atoms with Gasteiger partial charge in [0.05, 0.1) is 0 Å². The predicted molar refractivity (Wildman–Crippen MR) is 96.1 cm³/mol. The van der Waals surface area contributed by atoms with Crippen molar-refractivity contribution in [2.45, 2.75) is 13.3 Å². The number of benzene rings is 1. The average molecular weight is 331 g/mol. The van der Waals surface area contributed by atoms with E-state index in [4.69, 9.17) is 5.11 Å². The molecule has 0 fully saturated rings. The maximum Gasteiger partial charge on any atom is 0.230 e. The highest BCUT2D eigenvalue weighted by atomic mass is 16.2. The third kappa shape index (κ3) is 4.37. The summed E-state index contributed by atoms with van der Waals surface area (Å²) in [5.74, 6) is 6.35. The summed E-state index contributed by atoms with van der Waals surface area (Å²) < 4.78 is 0. The molecule has 6 heteroatoms. The summed E-state index contributed by atoms with van der Waals surface area (Å²) in [5.41, 5.74) is 3.50. The SMILES string of the molecule is CCc1cccc(Nc2ncnc(-c3ccnc(C#CCO)c3)n2)c1. The standard InChI is InChI=1S/C19H17N5O/c1-2-14-5-3-6-17(11-14)23-19-22-13-21-18(24-19)15-8-9-20-16(12-15)7-4-10-25/h3,5-6,8-9,11-13,25H,2,10H2,1H3,(H,21,22,23,24). The first-order valence-corrected chi connectivity index (χ1v) is 7.89. The van der Waals surface area contributed by atoms with Crippen molar-refractivity contribution < 1.29 is 5.11 Å². The Labute approximate surface area is 146 Å². The van der Waals surface area contributed by atoms with Gasteiger partial charge in [-0.25, -0.2) is 15.0 Å². The van der Waals surface area contributed by atoms with Gasteiger partial charge in [0.15, 0.2) is 5.82 Å². The molecule has 0 atom stereocenters. The molecular formula is C19H17N5O. The lowest BCUT2D eigenvalue weighted by Crippen LogP contribution is -2.00. The van der Waals surface area contributed by atoms with Crippen molar-refractivity contribution in [1.29, 1.82) is 0 Å². The molecule has 0 aliphatic carbocycles. The highest BCUT2D eigenvalue weighted by Crippen LogP contribution is 2.18. The molecule has 124 valence electrons. The van der Waals surface area contributed by atoms with Crippen molar-refractivity contribution in [3.63, 3.8) is 0 Å². The number of aliphatic hydroxyl groups excluding tert-OH is 1. The molecule has 0 saturated carbocycles. The van der Waals surface area contributed by atoms with Gasteiger partial charge < -0.3 is 10.4 Å². The minimum absolute atomic E-state index is 0.206. The summed E-state index contributed by atoms with van der Waals surface area (Å²) in [6, 6.07) is 11.7. The molecule has 0 saturated heterocycles. The van der Waals surface area contributed by atoms with Gasteiger partial charge in [0.25, 0.3) is 0 Å². The van der Waals surface area contributed by atoms with Gasteiger partial charge in [-0.3, -0.25) is 0 Å². The van der Waals surface area contributed by atoms with Crippen LogP contribution in [0.5, 0.6) is 0 Å². The maximum absolute atomic E-state index is 8.79. The minimum atomic E-state index is -0.206. The molecule has 3 rings (SSSR count). The molecule has 0 spiro atoms. The summed E-state index contributed by atoms with van der Waals surface area (Å²) in [6.45, 7) is 1.91. The molecule has 3 aromatic rings. The molecule has 0 bridgehead atoms. The largest absolute Gasteiger partial charge is 0.384 e. The van der Waals surface area contributed by atoms with Gasteiger partial charge in [0.1, 0.15) is 18.6 Å². The molecular weight excluding hydrogens is 314 g/mol. The zero-order valence-electron chi connectivity index (χ0n) is 13.8. The van der Waals surface area contributed by atoms with Gasteiger partial charge in [-0.05, 0) is 42.2 Å². The van der Waals surface area contributed by atoms with Crippen LogP contribution >= 0.6 is 0 Å². The van der Waals surface area contributed by atoms with Crippen molar-refractivity contribution in [2.24, 2.45) is 0 Å². The first kappa shape index (κ1) is 16.6. The number of pyridine rings is 1. The highest BCUT2D eigenvalue weighted by Gasteiger charge is 2.06. The molecule has 25 heavy (non-hydrogen) atoms. The Balaban J connectivity index is 1.86. The van der Waals surface area contributed by atoms with E-state index in [2.05, 4.69) is 56.2 Å². The Bertz CT molecular complexity index is 930. The van der Waals surface area contributed by atoms with Crippen LogP contribution in [0.4, 0.5) is 11.6 Å². The van der Waals surface area contributed by atoms with Crippen LogP contribution in [0.3, 0.4) is 0 Å². The number of aryl methyl sites for hydroxylation is 1. The summed E-state index contributed by atoms with van der Waals surface area (Å²) in [7, 11) is 0. The minimum Gasteiger partial charge on any atom is -0.384 e. The summed E-state index contributed by atoms with van der Waals surface area (Å²) in [5, 5.41) is 12.0. The Morgan fingerprint density at radius 1 is 1.12 bits per heavy atom. The van der Waals surface area contributed by atoms with Gasteiger partial charge >= 0.3 is 0 Å². The van der Waals surface area contributed by atoms with E-state index in [0.29, 0.717) is 17.5 Å². The molecule has 2 N–H and O–H groups in total. The van der Waals surface area contributed by atoms with Crippen LogP contribution in [0.25, 0.3) is 11.4 Å². The van der Waals surface area contributed by atoms with Crippen molar-refractivity contribution >= 4 is 11.6 Å². The number of hydrogen-bond donors (Lipinski definition) is 2. The van der Waals surface area contributed by atoms with Crippen molar-refractivity contribution in [3.8, 4) is 23.2 Å². The van der Waals surface area contributed by atoms with Gasteiger partial charge in [0.2, 0.25) is 5.95 Å². The number of nitrogens with zero attached hydrogens (tertiary/aromatic N) is 4. The third-order valence-electron chi connectivity index (χ3n) is 3.48.